The average molecular weight is 560 g/mol. The Hall–Kier alpha value is -4.29. The number of hydrogen-bond acceptors (Lipinski definition) is 11. The van der Waals surface area contributed by atoms with Gasteiger partial charge in [0.1, 0.15) is 10.3 Å². The number of Topliss-reactive ketones (excluding diaryl/α,β-unsaturated/α-hetero) is 1. The molecule has 1 aliphatic rings. The van der Waals surface area contributed by atoms with E-state index in [2.05, 4.69) is 35.3 Å². The van der Waals surface area contributed by atoms with E-state index < -0.39 is 5.91 Å². The largest absolute Gasteiger partial charge is 0.478 e. The maximum Gasteiger partial charge on any atom is 0.280 e. The molecule has 5 rings (SSSR count). The van der Waals surface area contributed by atoms with E-state index in [0.29, 0.717) is 44.9 Å². The van der Waals surface area contributed by atoms with Gasteiger partial charge in [-0.05, 0) is 45.5 Å². The second-order valence-electron chi connectivity index (χ2n) is 9.55. The summed E-state index contributed by atoms with van der Waals surface area (Å²) in [5, 5.41) is 7.27. The van der Waals surface area contributed by atoms with Crippen molar-refractivity contribution in [2.45, 2.75) is 25.9 Å². The van der Waals surface area contributed by atoms with E-state index in [4.69, 9.17) is 9.57 Å². The molecule has 1 saturated carbocycles. The van der Waals surface area contributed by atoms with Gasteiger partial charge in [-0.1, -0.05) is 40.8 Å². The van der Waals surface area contributed by atoms with Crippen molar-refractivity contribution in [3.8, 4) is 5.88 Å². The first-order valence-corrected chi connectivity index (χ1v) is 13.7. The number of ether oxygens (including phenoxy) is 1. The topological polar surface area (TPSA) is 132 Å². The Morgan fingerprint density at radius 1 is 1.05 bits per heavy atom. The molecule has 3 aromatic heterocycles. The minimum atomic E-state index is -0.519. The summed E-state index contributed by atoms with van der Waals surface area (Å²) in [5.74, 6) is 0.637. The Morgan fingerprint density at radius 3 is 2.52 bits per heavy atom. The van der Waals surface area contributed by atoms with Crippen molar-refractivity contribution in [3.05, 3.63) is 71.8 Å². The molecule has 40 heavy (non-hydrogen) atoms. The third kappa shape index (κ3) is 7.21. The Balaban J connectivity index is 1.31. The molecule has 0 bridgehead atoms. The van der Waals surface area contributed by atoms with E-state index in [1.165, 1.54) is 11.3 Å². The van der Waals surface area contributed by atoms with Gasteiger partial charge in [0.15, 0.2) is 29.1 Å². The molecule has 1 aromatic carbocycles. The molecular formula is C28H29N7O4S. The Kier molecular flexibility index (Phi) is 8.67. The standard InChI is InChI=1S/C28H29N7O4S/c1-35(2)15-4-16-38-23-12-11-21-27(32-23)40-28(31-21)33-26(37)24(34-39-17-22-29-13-3-14-30-22)18-5-7-19(8-6-18)25(36)20-9-10-20/h3,5-8,11-14,20H,4,9-10,15-17H2,1-2H3,(H,31,33,37)/b34-24+. The molecule has 0 unspecified atom stereocenters. The number of rotatable bonds is 13. The number of hydrogen-bond donors (Lipinski definition) is 1. The van der Waals surface area contributed by atoms with Gasteiger partial charge in [-0.15, -0.1) is 0 Å². The molecule has 1 amide bonds. The van der Waals surface area contributed by atoms with E-state index in [1.807, 2.05) is 20.2 Å². The van der Waals surface area contributed by atoms with Crippen LogP contribution in [0.5, 0.6) is 5.88 Å². The molecule has 0 spiro atoms. The first-order chi connectivity index (χ1) is 19.5. The molecule has 0 radical (unpaired) electrons. The van der Waals surface area contributed by atoms with E-state index in [9.17, 15) is 9.59 Å². The van der Waals surface area contributed by atoms with Crippen LogP contribution in [-0.4, -0.2) is 69.5 Å². The van der Waals surface area contributed by atoms with Crippen molar-refractivity contribution in [2.24, 2.45) is 11.1 Å². The number of nitrogens with one attached hydrogen (secondary N) is 1. The van der Waals surface area contributed by atoms with Gasteiger partial charge in [-0.25, -0.2) is 19.9 Å². The zero-order valence-electron chi connectivity index (χ0n) is 22.2. The molecule has 4 aromatic rings. The number of aromatic nitrogens is 4. The van der Waals surface area contributed by atoms with Crippen LogP contribution in [0.25, 0.3) is 10.3 Å². The van der Waals surface area contributed by atoms with Gasteiger partial charge in [0.2, 0.25) is 5.88 Å². The average Bonchev–Trinajstić information content (AvgIpc) is 3.73. The lowest BCUT2D eigenvalue weighted by atomic mass is 10.0. The predicted molar refractivity (Wildman–Crippen MR) is 152 cm³/mol. The highest BCUT2D eigenvalue weighted by atomic mass is 32.1. The van der Waals surface area contributed by atoms with Crippen LogP contribution in [0.15, 0.2) is 60.0 Å². The number of ketones is 1. The number of amides is 1. The number of fused-ring (bicyclic) bond motifs is 1. The van der Waals surface area contributed by atoms with Crippen LogP contribution in [0.1, 0.15) is 41.0 Å². The first-order valence-electron chi connectivity index (χ1n) is 12.9. The lowest BCUT2D eigenvalue weighted by Gasteiger charge is -2.09. The third-order valence-corrected chi connectivity index (χ3v) is 6.91. The first kappa shape index (κ1) is 27.3. The molecule has 0 atom stereocenters. The minimum absolute atomic E-state index is 0.0156. The number of anilines is 1. The van der Waals surface area contributed by atoms with Crippen LogP contribution in [-0.2, 0) is 16.2 Å². The fourth-order valence-corrected chi connectivity index (χ4v) is 4.63. The summed E-state index contributed by atoms with van der Waals surface area (Å²) in [5.41, 5.74) is 1.77. The van der Waals surface area contributed by atoms with E-state index in [0.717, 1.165) is 25.8 Å². The van der Waals surface area contributed by atoms with Gasteiger partial charge in [-0.3, -0.25) is 14.9 Å². The molecule has 0 aliphatic heterocycles. The van der Waals surface area contributed by atoms with Crippen molar-refractivity contribution >= 4 is 44.2 Å². The molecule has 1 fully saturated rings. The monoisotopic (exact) mass is 559 g/mol. The highest BCUT2D eigenvalue weighted by Gasteiger charge is 2.30. The van der Waals surface area contributed by atoms with Crippen molar-refractivity contribution in [2.75, 3.05) is 32.6 Å². The van der Waals surface area contributed by atoms with Crippen LogP contribution in [0.2, 0.25) is 0 Å². The van der Waals surface area contributed by atoms with E-state index in [-0.39, 0.29) is 24.0 Å². The SMILES string of the molecule is CN(C)CCCOc1ccc2nc(NC(=O)/C(=N/OCc3ncccn3)c3ccc(C(=O)C4CC4)cc3)sc2n1. The summed E-state index contributed by atoms with van der Waals surface area (Å²) < 4.78 is 5.76. The summed E-state index contributed by atoms with van der Waals surface area (Å²) in [6.45, 7) is 1.46. The smallest absolute Gasteiger partial charge is 0.280 e. The summed E-state index contributed by atoms with van der Waals surface area (Å²) in [6, 6.07) is 12.1. The van der Waals surface area contributed by atoms with E-state index in [1.54, 1.807) is 48.8 Å². The second kappa shape index (κ2) is 12.7. The predicted octanol–water partition coefficient (Wildman–Crippen LogP) is 3.96. The zero-order valence-corrected chi connectivity index (χ0v) is 23.1. The summed E-state index contributed by atoms with van der Waals surface area (Å²) >= 11 is 1.23. The molecule has 206 valence electrons. The van der Waals surface area contributed by atoms with Gasteiger partial charge in [0, 0.05) is 42.0 Å². The fraction of sp³-hybridized carbons (Fsp3) is 0.321. The fourth-order valence-electron chi connectivity index (χ4n) is 3.81. The van der Waals surface area contributed by atoms with Crippen LogP contribution in [0.4, 0.5) is 5.13 Å². The Bertz CT molecular complexity index is 1500. The van der Waals surface area contributed by atoms with E-state index >= 15 is 0 Å². The number of nitrogens with zero attached hydrogens (tertiary/aromatic N) is 6. The summed E-state index contributed by atoms with van der Waals surface area (Å²) in [4.78, 5) is 51.2. The van der Waals surface area contributed by atoms with Crippen molar-refractivity contribution in [1.29, 1.82) is 0 Å². The van der Waals surface area contributed by atoms with Crippen molar-refractivity contribution < 1.29 is 19.2 Å². The minimum Gasteiger partial charge on any atom is -0.478 e. The lowest BCUT2D eigenvalue weighted by molar-refractivity contribution is -0.110. The zero-order chi connectivity index (χ0) is 27.9. The van der Waals surface area contributed by atoms with Crippen LogP contribution in [0.3, 0.4) is 0 Å². The number of pyridine rings is 1. The second-order valence-corrected chi connectivity index (χ2v) is 10.5. The molecule has 3 heterocycles. The van der Waals surface area contributed by atoms with Gasteiger partial charge in [0.05, 0.1) is 6.61 Å². The summed E-state index contributed by atoms with van der Waals surface area (Å²) in [7, 11) is 4.03. The Morgan fingerprint density at radius 2 is 1.80 bits per heavy atom. The quantitative estimate of drug-likeness (QED) is 0.112. The number of carbonyl (C=O) groups excluding carboxylic acids is 2. The van der Waals surface area contributed by atoms with Crippen LogP contribution in [0, 0.1) is 5.92 Å². The van der Waals surface area contributed by atoms with Gasteiger partial charge in [0.25, 0.3) is 5.91 Å². The van der Waals surface area contributed by atoms with Gasteiger partial charge >= 0.3 is 0 Å². The normalized spacial score (nSPS) is 13.4. The molecule has 12 heteroatoms. The molecule has 1 aliphatic carbocycles. The Labute approximate surface area is 235 Å². The lowest BCUT2D eigenvalue weighted by Crippen LogP contribution is -2.24. The molecule has 1 N–H and O–H groups in total. The molecule has 11 nitrogen and oxygen atoms in total. The molecule has 0 saturated heterocycles. The number of oxime groups is 1. The van der Waals surface area contributed by atoms with Crippen LogP contribution >= 0.6 is 11.3 Å². The van der Waals surface area contributed by atoms with Crippen molar-refractivity contribution in [1.82, 2.24) is 24.8 Å². The summed E-state index contributed by atoms with van der Waals surface area (Å²) in [6.07, 6.45) is 5.92. The molecular weight excluding hydrogens is 530 g/mol. The van der Waals surface area contributed by atoms with Gasteiger partial charge < -0.3 is 14.5 Å². The highest BCUT2D eigenvalue weighted by molar-refractivity contribution is 7.22. The van der Waals surface area contributed by atoms with Crippen molar-refractivity contribution in [3.63, 3.8) is 0 Å². The number of benzene rings is 1. The maximum absolute atomic E-state index is 13.4. The third-order valence-electron chi connectivity index (χ3n) is 6.02. The number of thiazole rings is 1. The van der Waals surface area contributed by atoms with Gasteiger partial charge in [-0.2, -0.15) is 0 Å². The maximum atomic E-state index is 13.4. The van der Waals surface area contributed by atoms with Crippen LogP contribution < -0.4 is 10.1 Å². The highest BCUT2D eigenvalue weighted by Crippen LogP contribution is 2.32. The number of carbonyl (C=O) groups is 2.